The number of carbonyl (C=O) groups excluding carboxylic acids is 1. The van der Waals surface area contributed by atoms with Gasteiger partial charge in [-0.3, -0.25) is 5.32 Å². The summed E-state index contributed by atoms with van der Waals surface area (Å²) >= 11 is 0. The van der Waals surface area contributed by atoms with Gasteiger partial charge in [0.15, 0.2) is 8.32 Å². The van der Waals surface area contributed by atoms with E-state index in [9.17, 15) is 4.79 Å². The molecule has 32 heavy (non-hydrogen) atoms. The number of hydrogen-bond donors (Lipinski definition) is 2. The van der Waals surface area contributed by atoms with Crippen molar-refractivity contribution in [1.82, 2.24) is 0 Å². The first-order chi connectivity index (χ1) is 14.7. The maximum Gasteiger partial charge on any atom is 0.412 e. The number of hydrogen-bond acceptors (Lipinski definition) is 4. The molecule has 1 aromatic heterocycles. The number of pyridine rings is 1. The number of amides is 1. The van der Waals surface area contributed by atoms with E-state index in [0.29, 0.717) is 23.2 Å². The number of carbonyl (C=O) groups is 1. The van der Waals surface area contributed by atoms with Crippen molar-refractivity contribution in [2.24, 2.45) is 11.8 Å². The van der Waals surface area contributed by atoms with Gasteiger partial charge < -0.3 is 9.16 Å². The molecule has 0 radical (unpaired) electrons. The molecule has 0 bridgehead atoms. The maximum absolute atomic E-state index is 12.0. The van der Waals surface area contributed by atoms with Gasteiger partial charge in [0.1, 0.15) is 5.60 Å². The predicted molar refractivity (Wildman–Crippen MR) is 132 cm³/mol. The first-order valence-corrected chi connectivity index (χ1v) is 14.5. The number of nitrogen functional groups attached to an aromatic ring is 1. The van der Waals surface area contributed by atoms with E-state index in [1.807, 2.05) is 20.8 Å². The molecule has 3 N–H and O–H groups in total. The van der Waals surface area contributed by atoms with Gasteiger partial charge in [-0.1, -0.05) is 31.4 Å². The van der Waals surface area contributed by atoms with E-state index in [1.165, 1.54) is 4.68 Å². The molecule has 2 rings (SSSR count). The molecule has 1 heterocycles. The molecule has 0 aromatic carbocycles. The molecule has 7 heteroatoms. The molecule has 0 saturated heterocycles. The number of anilines is 1. The lowest BCUT2D eigenvalue weighted by molar-refractivity contribution is -0.641. The van der Waals surface area contributed by atoms with Crippen molar-refractivity contribution >= 4 is 20.1 Å². The minimum absolute atomic E-state index is 0.250. The second kappa shape index (κ2) is 10.3. The summed E-state index contributed by atoms with van der Waals surface area (Å²) in [6.07, 6.45) is 5.65. The Bertz CT molecular complexity index is 852. The summed E-state index contributed by atoms with van der Waals surface area (Å²) in [6.45, 7) is 17.9. The molecule has 1 saturated carbocycles. The molecule has 1 aliphatic rings. The lowest BCUT2D eigenvalue weighted by Gasteiger charge is -2.38. The fraction of sp³-hybridized carbons (Fsp3) is 0.680. The lowest BCUT2D eigenvalue weighted by atomic mass is 9.83. The largest absolute Gasteiger partial charge is 0.444 e. The Labute approximate surface area is 195 Å². The molecular formula is C25H42N3O3Si+. The van der Waals surface area contributed by atoms with E-state index in [0.717, 1.165) is 32.3 Å². The van der Waals surface area contributed by atoms with E-state index >= 15 is 0 Å². The molecular weight excluding hydrogens is 418 g/mol. The number of nitrogens with two attached hydrogens (primary N) is 1. The molecule has 0 atom stereocenters. The molecule has 0 aliphatic heterocycles. The highest BCUT2D eigenvalue weighted by molar-refractivity contribution is 6.74. The molecule has 1 fully saturated rings. The van der Waals surface area contributed by atoms with Crippen LogP contribution in [0.1, 0.15) is 72.9 Å². The van der Waals surface area contributed by atoms with Gasteiger partial charge >= 0.3 is 6.09 Å². The molecule has 0 unspecified atom stereocenters. The Morgan fingerprint density at radius 3 is 2.38 bits per heavy atom. The van der Waals surface area contributed by atoms with E-state index in [1.54, 1.807) is 18.3 Å². The standard InChI is InChI=1S/C25H41N3O3Si/c1-24(2,3)31-23(29)27-21-15-16-28(26)22(17-21)14-13-19-9-11-20(12-10-19)18-30-32(7,8)25(4,5)6/h15-17,19-20H,9-12,18,26H2,1-8H3/p+1/t19-,20-. The van der Waals surface area contributed by atoms with Crippen LogP contribution in [0.5, 0.6) is 0 Å². The summed E-state index contributed by atoms with van der Waals surface area (Å²) < 4.78 is 13.2. The Morgan fingerprint density at radius 1 is 1.19 bits per heavy atom. The number of nitrogens with zero attached hydrogens (tertiary/aromatic N) is 1. The smallest absolute Gasteiger partial charge is 0.412 e. The van der Waals surface area contributed by atoms with Crippen molar-refractivity contribution in [3.8, 4) is 11.8 Å². The third-order valence-corrected chi connectivity index (χ3v) is 10.9. The van der Waals surface area contributed by atoms with E-state index in [-0.39, 0.29) is 5.04 Å². The summed E-state index contributed by atoms with van der Waals surface area (Å²) in [6, 6.07) is 3.50. The second-order valence-electron chi connectivity index (χ2n) is 11.4. The van der Waals surface area contributed by atoms with Crippen molar-refractivity contribution < 1.29 is 18.6 Å². The van der Waals surface area contributed by atoms with Crippen LogP contribution in [0.4, 0.5) is 10.5 Å². The van der Waals surface area contributed by atoms with Gasteiger partial charge in [0, 0.05) is 30.6 Å². The summed E-state index contributed by atoms with van der Waals surface area (Å²) in [4.78, 5) is 12.0. The topological polar surface area (TPSA) is 77.5 Å². The van der Waals surface area contributed by atoms with E-state index < -0.39 is 20.0 Å². The van der Waals surface area contributed by atoms with Gasteiger partial charge in [-0.2, -0.15) is 0 Å². The first-order valence-electron chi connectivity index (χ1n) is 11.6. The molecule has 1 aliphatic carbocycles. The van der Waals surface area contributed by atoms with Crippen molar-refractivity contribution in [3.05, 3.63) is 24.0 Å². The Balaban J connectivity index is 1.91. The predicted octanol–water partition coefficient (Wildman–Crippen LogP) is 5.21. The fourth-order valence-electron chi connectivity index (χ4n) is 3.30. The van der Waals surface area contributed by atoms with Gasteiger partial charge in [0.05, 0.1) is 5.69 Å². The van der Waals surface area contributed by atoms with Crippen molar-refractivity contribution in [2.45, 2.75) is 91.0 Å². The normalized spacial score (nSPS) is 19.6. The molecule has 178 valence electrons. The van der Waals surface area contributed by atoms with Gasteiger partial charge in [0.2, 0.25) is 6.20 Å². The van der Waals surface area contributed by atoms with Gasteiger partial charge in [0.25, 0.3) is 5.69 Å². The third-order valence-electron chi connectivity index (χ3n) is 6.37. The zero-order chi connectivity index (χ0) is 24.2. The molecule has 1 amide bonds. The Kier molecular flexibility index (Phi) is 8.41. The van der Waals surface area contributed by atoms with Crippen molar-refractivity contribution in [3.63, 3.8) is 0 Å². The van der Waals surface area contributed by atoms with Crippen LogP contribution < -0.4 is 15.8 Å². The van der Waals surface area contributed by atoms with Gasteiger partial charge in [-0.05, 0) is 70.5 Å². The highest BCUT2D eigenvalue weighted by Crippen LogP contribution is 2.38. The maximum atomic E-state index is 12.0. The fourth-order valence-corrected chi connectivity index (χ4v) is 4.39. The summed E-state index contributed by atoms with van der Waals surface area (Å²) in [5.41, 5.74) is 0.711. The van der Waals surface area contributed by atoms with Crippen LogP contribution in [0, 0.1) is 23.7 Å². The minimum Gasteiger partial charge on any atom is -0.444 e. The number of aromatic nitrogens is 1. The number of ether oxygens (including phenoxy) is 1. The molecule has 6 nitrogen and oxygen atoms in total. The van der Waals surface area contributed by atoms with Crippen LogP contribution in [0.15, 0.2) is 18.3 Å². The average molecular weight is 461 g/mol. The SMILES string of the molecule is CC(C)(C)OC(=O)Nc1cc[n+](N)c(C#C[C@H]2CC[C@H](CO[Si](C)(C)C(C)(C)C)CC2)c1. The number of nitrogens with one attached hydrogen (secondary N) is 1. The van der Waals surface area contributed by atoms with Crippen LogP contribution in [-0.4, -0.2) is 26.6 Å². The van der Waals surface area contributed by atoms with E-state index in [2.05, 4.69) is 51.0 Å². The monoisotopic (exact) mass is 460 g/mol. The average Bonchev–Trinajstić information content (AvgIpc) is 2.65. The van der Waals surface area contributed by atoms with Crippen molar-refractivity contribution in [2.75, 3.05) is 17.8 Å². The zero-order valence-electron chi connectivity index (χ0n) is 21.2. The highest BCUT2D eigenvalue weighted by atomic mass is 28.4. The number of rotatable bonds is 4. The quantitative estimate of drug-likeness (QED) is 0.280. The lowest BCUT2D eigenvalue weighted by Crippen LogP contribution is -2.47. The van der Waals surface area contributed by atoms with E-state index in [4.69, 9.17) is 15.0 Å². The van der Waals surface area contributed by atoms with Crippen LogP contribution in [-0.2, 0) is 9.16 Å². The van der Waals surface area contributed by atoms with Gasteiger partial charge in [-0.25, -0.2) is 10.6 Å². The first kappa shape index (κ1) is 26.2. The van der Waals surface area contributed by atoms with Crippen LogP contribution in [0.3, 0.4) is 0 Å². The summed E-state index contributed by atoms with van der Waals surface area (Å²) in [5.74, 6) is 13.6. The van der Waals surface area contributed by atoms with Crippen LogP contribution in [0.2, 0.25) is 18.1 Å². The second-order valence-corrected chi connectivity index (χ2v) is 16.2. The molecule has 0 spiro atoms. The van der Waals surface area contributed by atoms with Gasteiger partial charge in [-0.15, -0.1) is 0 Å². The van der Waals surface area contributed by atoms with Crippen LogP contribution in [0.25, 0.3) is 0 Å². The Morgan fingerprint density at radius 2 is 1.81 bits per heavy atom. The van der Waals surface area contributed by atoms with Crippen LogP contribution >= 0.6 is 0 Å². The summed E-state index contributed by atoms with van der Waals surface area (Å²) in [7, 11) is -1.69. The minimum atomic E-state index is -1.69. The Hall–Kier alpha value is -2.04. The third kappa shape index (κ3) is 8.14. The molecule has 1 aromatic rings. The summed E-state index contributed by atoms with van der Waals surface area (Å²) in [5, 5.41) is 2.99. The zero-order valence-corrected chi connectivity index (χ0v) is 22.2. The highest BCUT2D eigenvalue weighted by Gasteiger charge is 2.37. The van der Waals surface area contributed by atoms with Crippen molar-refractivity contribution in [1.29, 1.82) is 0 Å².